The number of hydrogen-bond donors (Lipinski definition) is 3. The maximum absolute atomic E-state index is 12.3. The van der Waals surface area contributed by atoms with Crippen molar-refractivity contribution >= 4 is 11.9 Å². The first-order valence-electron chi connectivity index (χ1n) is 7.21. The van der Waals surface area contributed by atoms with Crippen LogP contribution < -0.4 is 10.9 Å². The first kappa shape index (κ1) is 17.6. The monoisotopic (exact) mass is 307 g/mol. The summed E-state index contributed by atoms with van der Waals surface area (Å²) in [5, 5.41) is 17.8. The Morgan fingerprint density at radius 1 is 1.36 bits per heavy atom. The van der Waals surface area contributed by atoms with Gasteiger partial charge in [-0.05, 0) is 31.7 Å². The predicted molar refractivity (Wildman–Crippen MR) is 81.9 cm³/mol. The van der Waals surface area contributed by atoms with E-state index in [2.05, 4.69) is 15.5 Å². The van der Waals surface area contributed by atoms with Crippen LogP contribution in [0.5, 0.6) is 0 Å². The van der Waals surface area contributed by atoms with Crippen LogP contribution in [0.3, 0.4) is 0 Å². The van der Waals surface area contributed by atoms with Gasteiger partial charge in [0.25, 0.3) is 11.5 Å². The molecule has 0 saturated carbocycles. The van der Waals surface area contributed by atoms with Gasteiger partial charge in [0.1, 0.15) is 11.6 Å². The number of allylic oxidation sites excluding steroid dienone is 1. The Kier molecular flexibility index (Phi) is 6.49. The van der Waals surface area contributed by atoms with Crippen LogP contribution in [0.25, 0.3) is 0 Å². The molecule has 0 aliphatic carbocycles. The van der Waals surface area contributed by atoms with Gasteiger partial charge in [-0.25, -0.2) is 9.89 Å². The molecule has 7 heteroatoms. The minimum atomic E-state index is -1.15. The second-order valence-corrected chi connectivity index (χ2v) is 4.73. The van der Waals surface area contributed by atoms with Crippen LogP contribution >= 0.6 is 0 Å². The molecule has 22 heavy (non-hydrogen) atoms. The molecule has 1 aromatic rings. The minimum absolute atomic E-state index is 0.0546. The van der Waals surface area contributed by atoms with E-state index in [4.69, 9.17) is 5.11 Å². The van der Waals surface area contributed by atoms with Crippen molar-refractivity contribution in [2.24, 2.45) is 0 Å². The van der Waals surface area contributed by atoms with E-state index >= 15 is 0 Å². The molecular formula is C15H21N3O4. The molecule has 7 nitrogen and oxygen atoms in total. The molecule has 120 valence electrons. The summed E-state index contributed by atoms with van der Waals surface area (Å²) >= 11 is 0. The van der Waals surface area contributed by atoms with Crippen molar-refractivity contribution in [1.82, 2.24) is 15.5 Å². The summed E-state index contributed by atoms with van der Waals surface area (Å²) < 4.78 is 0. The second kappa shape index (κ2) is 8.11. The Morgan fingerprint density at radius 3 is 2.55 bits per heavy atom. The van der Waals surface area contributed by atoms with E-state index < -0.39 is 23.5 Å². The molecule has 0 aromatic carbocycles. The summed E-state index contributed by atoms with van der Waals surface area (Å²) in [4.78, 5) is 35.5. The number of carboxylic acids is 1. The first-order valence-corrected chi connectivity index (χ1v) is 7.21. The quantitative estimate of drug-likeness (QED) is 0.652. The zero-order valence-electron chi connectivity index (χ0n) is 13.0. The molecule has 0 aliphatic heterocycles. The highest BCUT2D eigenvalue weighted by Gasteiger charge is 2.24. The second-order valence-electron chi connectivity index (χ2n) is 4.73. The molecule has 0 fully saturated rings. The number of carbonyl (C=O) groups is 2. The Labute approximate surface area is 128 Å². The highest BCUT2D eigenvalue weighted by Crippen LogP contribution is 2.10. The van der Waals surface area contributed by atoms with Crippen LogP contribution in [-0.2, 0) is 17.6 Å². The number of aliphatic carboxylic acids is 1. The number of carboxylic acid groups (broad SMARTS) is 1. The maximum Gasteiger partial charge on any atom is 0.326 e. The Bertz CT molecular complexity index is 634. The third-order valence-electron chi connectivity index (χ3n) is 3.30. The van der Waals surface area contributed by atoms with E-state index in [1.165, 1.54) is 0 Å². The molecule has 0 saturated heterocycles. The number of aromatic amines is 1. The molecule has 1 unspecified atom stereocenters. The minimum Gasteiger partial charge on any atom is -0.480 e. The summed E-state index contributed by atoms with van der Waals surface area (Å²) in [6.45, 7) is 5.45. The smallest absolute Gasteiger partial charge is 0.326 e. The molecule has 3 N–H and O–H groups in total. The number of aryl methyl sites for hydroxylation is 1. The summed E-state index contributed by atoms with van der Waals surface area (Å²) in [6.07, 6.45) is 4.54. The lowest BCUT2D eigenvalue weighted by molar-refractivity contribution is -0.139. The maximum atomic E-state index is 12.3. The third kappa shape index (κ3) is 4.03. The fourth-order valence-electron chi connectivity index (χ4n) is 2.16. The van der Waals surface area contributed by atoms with Crippen molar-refractivity contribution in [2.45, 2.75) is 46.1 Å². The lowest BCUT2D eigenvalue weighted by Gasteiger charge is -2.15. The van der Waals surface area contributed by atoms with Crippen molar-refractivity contribution in [2.75, 3.05) is 0 Å². The molecular weight excluding hydrogens is 286 g/mol. The van der Waals surface area contributed by atoms with Crippen molar-refractivity contribution < 1.29 is 14.7 Å². The summed E-state index contributed by atoms with van der Waals surface area (Å²) in [5.74, 6) is -1.84. The predicted octanol–water partition coefficient (Wildman–Crippen LogP) is 1.04. The number of nitrogens with one attached hydrogen (secondary N) is 2. The van der Waals surface area contributed by atoms with Gasteiger partial charge in [0.2, 0.25) is 0 Å². The summed E-state index contributed by atoms with van der Waals surface area (Å²) in [5.41, 5.74) is 0.523. The van der Waals surface area contributed by atoms with Gasteiger partial charge in [-0.2, -0.15) is 5.10 Å². The van der Waals surface area contributed by atoms with Gasteiger partial charge in [0.05, 0.1) is 5.69 Å². The van der Waals surface area contributed by atoms with E-state index in [0.29, 0.717) is 24.1 Å². The first-order chi connectivity index (χ1) is 10.5. The highest BCUT2D eigenvalue weighted by atomic mass is 16.4. The summed E-state index contributed by atoms with van der Waals surface area (Å²) in [6, 6.07) is -1.08. The number of aromatic nitrogens is 2. The lowest BCUT2D eigenvalue weighted by Crippen LogP contribution is -2.43. The lowest BCUT2D eigenvalue weighted by atomic mass is 10.0. The fourth-order valence-corrected chi connectivity index (χ4v) is 2.16. The number of nitrogens with zero attached hydrogens (tertiary/aromatic N) is 1. The Balaban J connectivity index is 3.16. The van der Waals surface area contributed by atoms with Crippen molar-refractivity contribution in [3.8, 4) is 0 Å². The molecule has 0 spiro atoms. The number of hydrogen-bond acceptors (Lipinski definition) is 4. The molecule has 0 aliphatic rings. The van der Waals surface area contributed by atoms with Crippen molar-refractivity contribution in [3.05, 3.63) is 39.3 Å². The van der Waals surface area contributed by atoms with E-state index in [1.807, 2.05) is 13.8 Å². The number of H-pyrrole nitrogens is 1. The Hall–Kier alpha value is -2.44. The van der Waals surface area contributed by atoms with Crippen LogP contribution in [0.2, 0.25) is 0 Å². The average molecular weight is 307 g/mol. The van der Waals surface area contributed by atoms with Gasteiger partial charge >= 0.3 is 5.97 Å². The summed E-state index contributed by atoms with van der Waals surface area (Å²) in [7, 11) is 0. The van der Waals surface area contributed by atoms with Gasteiger partial charge in [0, 0.05) is 0 Å². The molecule has 1 rings (SSSR count). The standard InChI is InChI=1S/C15H21N3O4/c1-4-7-8-11(15(21)22)16-13(19)12-9(5-2)10(6-3)17-18-14(12)20/h4,7,11H,5-6,8H2,1-3H3,(H,16,19)(H,18,20)(H,21,22)/b7-4+. The molecule has 1 amide bonds. The van der Waals surface area contributed by atoms with Gasteiger partial charge in [0.15, 0.2) is 0 Å². The third-order valence-corrected chi connectivity index (χ3v) is 3.30. The largest absolute Gasteiger partial charge is 0.480 e. The van der Waals surface area contributed by atoms with Gasteiger partial charge in [-0.1, -0.05) is 26.0 Å². The van der Waals surface area contributed by atoms with Gasteiger partial charge in [-0.15, -0.1) is 0 Å². The van der Waals surface area contributed by atoms with Gasteiger partial charge < -0.3 is 10.4 Å². The van der Waals surface area contributed by atoms with Crippen LogP contribution in [0, 0.1) is 0 Å². The highest BCUT2D eigenvalue weighted by molar-refractivity contribution is 5.97. The van der Waals surface area contributed by atoms with Crippen molar-refractivity contribution in [1.29, 1.82) is 0 Å². The Morgan fingerprint density at radius 2 is 2.05 bits per heavy atom. The molecule has 0 radical (unpaired) electrons. The molecule has 1 heterocycles. The number of carbonyl (C=O) groups excluding carboxylic acids is 1. The topological polar surface area (TPSA) is 112 Å². The molecule has 1 atom stereocenters. The van der Waals surface area contributed by atoms with Crippen LogP contribution in [0.4, 0.5) is 0 Å². The van der Waals surface area contributed by atoms with Gasteiger partial charge in [-0.3, -0.25) is 9.59 Å². The van der Waals surface area contributed by atoms with Crippen LogP contribution in [0.15, 0.2) is 16.9 Å². The number of amides is 1. The number of rotatable bonds is 7. The van der Waals surface area contributed by atoms with E-state index in [0.717, 1.165) is 0 Å². The van der Waals surface area contributed by atoms with Crippen LogP contribution in [-0.4, -0.2) is 33.2 Å². The van der Waals surface area contributed by atoms with Crippen LogP contribution in [0.1, 0.15) is 48.8 Å². The molecule has 1 aromatic heterocycles. The average Bonchev–Trinajstić information content (AvgIpc) is 2.50. The van der Waals surface area contributed by atoms with E-state index in [9.17, 15) is 14.4 Å². The normalized spacial score (nSPS) is 12.3. The van der Waals surface area contributed by atoms with E-state index in [1.54, 1.807) is 19.1 Å². The SMILES string of the molecule is C/C=C/CC(NC(=O)c1c(CC)c(CC)n[nH]c1=O)C(=O)O. The zero-order chi connectivity index (χ0) is 16.7. The fraction of sp³-hybridized carbons (Fsp3) is 0.467. The van der Waals surface area contributed by atoms with E-state index in [-0.39, 0.29) is 12.0 Å². The molecule has 0 bridgehead atoms. The van der Waals surface area contributed by atoms with Crippen molar-refractivity contribution in [3.63, 3.8) is 0 Å². The zero-order valence-corrected chi connectivity index (χ0v) is 13.0.